The van der Waals surface area contributed by atoms with Crippen molar-refractivity contribution in [1.29, 1.82) is 0 Å². The number of aromatic carboxylic acids is 1. The van der Waals surface area contributed by atoms with Gasteiger partial charge in [-0.3, -0.25) is 4.79 Å². The number of hydrogen-bond donors (Lipinski definition) is 1. The Morgan fingerprint density at radius 2 is 1.61 bits per heavy atom. The van der Waals surface area contributed by atoms with Gasteiger partial charge < -0.3 is 14.4 Å². The highest BCUT2D eigenvalue weighted by atomic mass is 19.4. The quantitative estimate of drug-likeness (QED) is 0.277. The summed E-state index contributed by atoms with van der Waals surface area (Å²) in [4.78, 5) is 26.2. The van der Waals surface area contributed by atoms with Gasteiger partial charge in [0.05, 0.1) is 23.4 Å². The maximum atomic E-state index is 13.4. The average molecular weight is 515 g/mol. The molecule has 38 heavy (non-hydrogen) atoms. The SMILES string of the molecule is O=C(O)c1ccc(CN2C(=O)/C(=C/c3ccc(-c4cccc(C(F)(F)F)c4)o3)C=C2c2ccccc2)cc1. The molecule has 8 heteroatoms. The molecule has 0 radical (unpaired) electrons. The molecule has 190 valence electrons. The smallest absolute Gasteiger partial charge is 0.416 e. The number of carbonyl (C=O) groups excluding carboxylic acids is 1. The third kappa shape index (κ3) is 5.15. The molecule has 0 aliphatic carbocycles. The first kappa shape index (κ1) is 24.8. The van der Waals surface area contributed by atoms with E-state index >= 15 is 0 Å². The standard InChI is InChI=1S/C30H20F3NO4/c31-30(32,33)24-8-4-7-22(15-24)27-14-13-25(38-27)16-23-17-26(20-5-2-1-3-6-20)34(28(23)35)18-19-9-11-21(12-10-19)29(36)37/h1-17H,18H2,(H,36,37)/b23-16+. The van der Waals surface area contributed by atoms with Crippen molar-refractivity contribution >= 4 is 23.6 Å². The second kappa shape index (κ2) is 9.89. The molecule has 0 saturated heterocycles. The Kier molecular flexibility index (Phi) is 6.46. The van der Waals surface area contributed by atoms with Gasteiger partial charge >= 0.3 is 12.1 Å². The van der Waals surface area contributed by atoms with Crippen molar-refractivity contribution in [3.05, 3.63) is 131 Å². The van der Waals surface area contributed by atoms with E-state index in [2.05, 4.69) is 0 Å². The normalized spacial score (nSPS) is 14.7. The number of nitrogens with zero attached hydrogens (tertiary/aromatic N) is 1. The Morgan fingerprint density at radius 1 is 0.895 bits per heavy atom. The van der Waals surface area contributed by atoms with E-state index in [4.69, 9.17) is 9.52 Å². The number of rotatable bonds is 6. The number of carbonyl (C=O) groups is 2. The van der Waals surface area contributed by atoms with Crippen molar-refractivity contribution < 1.29 is 32.3 Å². The zero-order valence-corrected chi connectivity index (χ0v) is 19.8. The molecular formula is C30H20F3NO4. The van der Waals surface area contributed by atoms with Crippen LogP contribution in [0.25, 0.3) is 23.1 Å². The van der Waals surface area contributed by atoms with Gasteiger partial charge in [-0.1, -0.05) is 54.6 Å². The van der Waals surface area contributed by atoms with Crippen LogP contribution in [0.5, 0.6) is 0 Å². The van der Waals surface area contributed by atoms with Crippen LogP contribution in [-0.2, 0) is 17.5 Å². The summed E-state index contributed by atoms with van der Waals surface area (Å²) in [5.74, 6) is -0.761. The van der Waals surface area contributed by atoms with E-state index in [1.807, 2.05) is 30.3 Å². The molecule has 0 saturated carbocycles. The minimum atomic E-state index is -4.47. The Morgan fingerprint density at radius 3 is 2.29 bits per heavy atom. The molecule has 1 aliphatic rings. The van der Waals surface area contributed by atoms with Crippen LogP contribution in [0.3, 0.4) is 0 Å². The summed E-state index contributed by atoms with van der Waals surface area (Å²) >= 11 is 0. The van der Waals surface area contributed by atoms with E-state index in [9.17, 15) is 22.8 Å². The lowest BCUT2D eigenvalue weighted by molar-refractivity contribution is -0.137. The van der Waals surface area contributed by atoms with Gasteiger partial charge in [-0.2, -0.15) is 13.2 Å². The van der Waals surface area contributed by atoms with E-state index in [0.717, 1.165) is 23.3 Å². The summed E-state index contributed by atoms with van der Waals surface area (Å²) < 4.78 is 45.1. The lowest BCUT2D eigenvalue weighted by Gasteiger charge is -2.21. The number of alkyl halides is 3. The number of furan rings is 1. The summed E-state index contributed by atoms with van der Waals surface area (Å²) in [6.45, 7) is 0.213. The van der Waals surface area contributed by atoms with Gasteiger partial charge in [0.15, 0.2) is 0 Å². The fraction of sp³-hybridized carbons (Fsp3) is 0.0667. The van der Waals surface area contributed by atoms with Crippen LogP contribution in [-0.4, -0.2) is 21.9 Å². The second-order valence-electron chi connectivity index (χ2n) is 8.67. The highest BCUT2D eigenvalue weighted by molar-refractivity contribution is 6.10. The summed E-state index contributed by atoms with van der Waals surface area (Å²) in [5, 5.41) is 9.15. The van der Waals surface area contributed by atoms with Crippen molar-refractivity contribution in [2.45, 2.75) is 12.7 Å². The molecular weight excluding hydrogens is 495 g/mol. The number of amides is 1. The second-order valence-corrected chi connectivity index (χ2v) is 8.67. The Bertz CT molecular complexity index is 1570. The topological polar surface area (TPSA) is 70.8 Å². The molecule has 0 bridgehead atoms. The van der Waals surface area contributed by atoms with Crippen LogP contribution in [0.1, 0.15) is 32.8 Å². The monoisotopic (exact) mass is 515 g/mol. The van der Waals surface area contributed by atoms with E-state index in [1.54, 1.807) is 41.3 Å². The number of hydrogen-bond acceptors (Lipinski definition) is 3. The van der Waals surface area contributed by atoms with Gasteiger partial charge in [0.1, 0.15) is 11.5 Å². The largest absolute Gasteiger partial charge is 0.478 e. The van der Waals surface area contributed by atoms with Crippen molar-refractivity contribution in [2.75, 3.05) is 0 Å². The minimum absolute atomic E-state index is 0.148. The van der Waals surface area contributed by atoms with Crippen LogP contribution in [0.4, 0.5) is 13.2 Å². The number of carboxylic acids is 1. The number of halogens is 3. The highest BCUT2D eigenvalue weighted by Crippen LogP contribution is 2.35. The molecule has 0 spiro atoms. The van der Waals surface area contributed by atoms with E-state index in [-0.39, 0.29) is 29.3 Å². The van der Waals surface area contributed by atoms with E-state index < -0.39 is 17.7 Å². The fourth-order valence-corrected chi connectivity index (χ4v) is 4.18. The third-order valence-corrected chi connectivity index (χ3v) is 6.09. The zero-order valence-electron chi connectivity index (χ0n) is 19.8. The van der Waals surface area contributed by atoms with Crippen molar-refractivity contribution in [1.82, 2.24) is 4.90 Å². The van der Waals surface area contributed by atoms with Crippen LogP contribution >= 0.6 is 0 Å². The van der Waals surface area contributed by atoms with E-state index in [0.29, 0.717) is 17.0 Å². The molecule has 1 aromatic heterocycles. The maximum Gasteiger partial charge on any atom is 0.416 e. The fourth-order valence-electron chi connectivity index (χ4n) is 4.18. The molecule has 0 atom stereocenters. The summed E-state index contributed by atoms with van der Waals surface area (Å²) in [5.41, 5.74) is 2.21. The molecule has 1 aliphatic heterocycles. The molecule has 0 fully saturated rings. The van der Waals surface area contributed by atoms with Gasteiger partial charge in [-0.15, -0.1) is 0 Å². The first-order valence-corrected chi connectivity index (χ1v) is 11.6. The van der Waals surface area contributed by atoms with Crippen LogP contribution in [0.2, 0.25) is 0 Å². The van der Waals surface area contributed by atoms with Gasteiger partial charge in [0.2, 0.25) is 0 Å². The number of benzene rings is 3. The molecule has 5 rings (SSSR count). The predicted octanol–water partition coefficient (Wildman–Crippen LogP) is 7.13. The molecule has 3 aromatic carbocycles. The maximum absolute atomic E-state index is 13.4. The van der Waals surface area contributed by atoms with Crippen LogP contribution in [0, 0.1) is 0 Å². The summed E-state index contributed by atoms with van der Waals surface area (Å²) in [6, 6.07) is 23.6. The molecule has 1 N–H and O–H groups in total. The lowest BCUT2D eigenvalue weighted by atomic mass is 10.1. The van der Waals surface area contributed by atoms with Crippen LogP contribution in [0.15, 0.2) is 107 Å². The van der Waals surface area contributed by atoms with Crippen molar-refractivity contribution in [3.63, 3.8) is 0 Å². The third-order valence-electron chi connectivity index (χ3n) is 6.09. The highest BCUT2D eigenvalue weighted by Gasteiger charge is 2.31. The van der Waals surface area contributed by atoms with Gasteiger partial charge in [-0.25, -0.2) is 4.79 Å². The first-order valence-electron chi connectivity index (χ1n) is 11.6. The first-order chi connectivity index (χ1) is 18.2. The van der Waals surface area contributed by atoms with Crippen molar-refractivity contribution in [3.8, 4) is 11.3 Å². The molecule has 2 heterocycles. The van der Waals surface area contributed by atoms with Crippen LogP contribution < -0.4 is 0 Å². The zero-order chi connectivity index (χ0) is 26.9. The summed E-state index contributed by atoms with van der Waals surface area (Å²) in [7, 11) is 0. The number of carboxylic acid groups (broad SMARTS) is 1. The Hall–Kier alpha value is -4.85. The minimum Gasteiger partial charge on any atom is -0.478 e. The Labute approximate surface area is 215 Å². The lowest BCUT2D eigenvalue weighted by Crippen LogP contribution is -2.25. The molecule has 5 nitrogen and oxygen atoms in total. The predicted molar refractivity (Wildman–Crippen MR) is 135 cm³/mol. The Balaban J connectivity index is 1.46. The van der Waals surface area contributed by atoms with Gasteiger partial charge in [-0.05, 0) is 59.7 Å². The van der Waals surface area contributed by atoms with Gasteiger partial charge in [0, 0.05) is 11.1 Å². The summed E-state index contributed by atoms with van der Waals surface area (Å²) in [6.07, 6.45) is -1.19. The average Bonchev–Trinajstić information content (AvgIpc) is 3.50. The molecule has 0 unspecified atom stereocenters. The molecule has 1 amide bonds. The molecule has 4 aromatic rings. The van der Waals surface area contributed by atoms with Gasteiger partial charge in [0.25, 0.3) is 5.91 Å². The van der Waals surface area contributed by atoms with Crippen molar-refractivity contribution in [2.24, 2.45) is 0 Å². The van der Waals surface area contributed by atoms with E-state index in [1.165, 1.54) is 24.3 Å².